The molecule has 6 heteroatoms. The second kappa shape index (κ2) is 8.41. The lowest BCUT2D eigenvalue weighted by Crippen LogP contribution is -2.34. The van der Waals surface area contributed by atoms with Crippen LogP contribution in [0, 0.1) is 13.8 Å². The molecule has 2 aromatic carbocycles. The summed E-state index contributed by atoms with van der Waals surface area (Å²) in [7, 11) is 1.92. The molecule has 0 unspecified atom stereocenters. The lowest BCUT2D eigenvalue weighted by Gasteiger charge is -2.33. The number of aromatic nitrogens is 3. The normalized spacial score (nSPS) is 15.8. The van der Waals surface area contributed by atoms with E-state index in [2.05, 4.69) is 53.5 Å². The molecule has 0 N–H and O–H groups in total. The molecule has 1 aliphatic carbocycles. The molecule has 1 aromatic heterocycles. The lowest BCUT2D eigenvalue weighted by molar-refractivity contribution is -0.129. The van der Waals surface area contributed by atoms with Crippen molar-refractivity contribution >= 4 is 17.7 Å². The minimum absolute atomic E-state index is 0.119. The second-order valence-corrected chi connectivity index (χ2v) is 8.55. The van der Waals surface area contributed by atoms with Crippen LogP contribution in [0.2, 0.25) is 0 Å². The zero-order valence-electron chi connectivity index (χ0n) is 17.1. The quantitative estimate of drug-likeness (QED) is 0.585. The first-order valence-corrected chi connectivity index (χ1v) is 11.0. The Morgan fingerprint density at radius 3 is 2.83 bits per heavy atom. The van der Waals surface area contributed by atoms with Gasteiger partial charge in [-0.05, 0) is 61.9 Å². The molecule has 0 spiro atoms. The third-order valence-electron chi connectivity index (χ3n) is 5.58. The summed E-state index contributed by atoms with van der Waals surface area (Å²) < 4.78 is 2.01. The van der Waals surface area contributed by atoms with E-state index in [0.29, 0.717) is 5.75 Å². The summed E-state index contributed by atoms with van der Waals surface area (Å²) in [5.41, 5.74) is 4.86. The highest BCUT2D eigenvalue weighted by Gasteiger charge is 2.26. The van der Waals surface area contributed by atoms with E-state index >= 15 is 0 Å². The van der Waals surface area contributed by atoms with Gasteiger partial charge in [-0.3, -0.25) is 9.36 Å². The number of benzene rings is 2. The van der Waals surface area contributed by atoms with Crippen LogP contribution in [-0.4, -0.2) is 38.4 Å². The number of nitrogens with zero attached hydrogens (tertiary/aromatic N) is 4. The molecule has 0 saturated heterocycles. The third kappa shape index (κ3) is 4.08. The summed E-state index contributed by atoms with van der Waals surface area (Å²) in [6.45, 7) is 4.00. The Kier molecular flexibility index (Phi) is 5.72. The van der Waals surface area contributed by atoms with Gasteiger partial charge in [-0.15, -0.1) is 10.2 Å². The lowest BCUT2D eigenvalue weighted by atomic mass is 9.87. The van der Waals surface area contributed by atoms with Crippen LogP contribution in [0.25, 0.3) is 5.69 Å². The number of fused-ring (bicyclic) bond motifs is 1. The van der Waals surface area contributed by atoms with Crippen LogP contribution in [0.5, 0.6) is 0 Å². The molecule has 29 heavy (non-hydrogen) atoms. The van der Waals surface area contributed by atoms with Crippen molar-refractivity contribution in [2.45, 2.75) is 44.3 Å². The minimum atomic E-state index is 0.119. The van der Waals surface area contributed by atoms with Crippen LogP contribution in [0.1, 0.15) is 41.4 Å². The molecule has 0 radical (unpaired) electrons. The Bertz CT molecular complexity index is 1030. The van der Waals surface area contributed by atoms with Gasteiger partial charge < -0.3 is 4.90 Å². The molecule has 1 aliphatic rings. The summed E-state index contributed by atoms with van der Waals surface area (Å²) in [5, 5.41) is 9.29. The van der Waals surface area contributed by atoms with E-state index in [1.54, 1.807) is 0 Å². The van der Waals surface area contributed by atoms with Crippen molar-refractivity contribution in [3.05, 3.63) is 71.0 Å². The SMILES string of the molecule is Cc1cccc(-n2c(C)nnc2SCC(=O)N(C)[C@H]2CCCc3ccccc32)c1. The van der Waals surface area contributed by atoms with E-state index in [9.17, 15) is 4.79 Å². The molecule has 1 heterocycles. The molecule has 3 aromatic rings. The van der Waals surface area contributed by atoms with Crippen LogP contribution < -0.4 is 0 Å². The van der Waals surface area contributed by atoms with Crippen molar-refractivity contribution in [2.75, 3.05) is 12.8 Å². The van der Waals surface area contributed by atoms with Crippen molar-refractivity contribution in [1.82, 2.24) is 19.7 Å². The van der Waals surface area contributed by atoms with Crippen molar-refractivity contribution in [3.8, 4) is 5.69 Å². The van der Waals surface area contributed by atoms with Gasteiger partial charge in [0.1, 0.15) is 5.82 Å². The van der Waals surface area contributed by atoms with Gasteiger partial charge in [0, 0.05) is 12.7 Å². The van der Waals surface area contributed by atoms with Gasteiger partial charge in [0.05, 0.1) is 11.8 Å². The van der Waals surface area contributed by atoms with Crippen LogP contribution in [0.3, 0.4) is 0 Å². The maximum Gasteiger partial charge on any atom is 0.233 e. The van der Waals surface area contributed by atoms with Crippen LogP contribution in [0.15, 0.2) is 53.7 Å². The van der Waals surface area contributed by atoms with Crippen LogP contribution in [-0.2, 0) is 11.2 Å². The number of hydrogen-bond acceptors (Lipinski definition) is 4. The van der Waals surface area contributed by atoms with Gasteiger partial charge in [-0.1, -0.05) is 48.2 Å². The molecule has 1 atom stereocenters. The number of carbonyl (C=O) groups excluding carboxylic acids is 1. The van der Waals surface area contributed by atoms with Gasteiger partial charge in [0.2, 0.25) is 5.91 Å². The fourth-order valence-electron chi connectivity index (χ4n) is 4.03. The molecule has 0 fully saturated rings. The Morgan fingerprint density at radius 2 is 2.00 bits per heavy atom. The predicted octanol–water partition coefficient (Wildman–Crippen LogP) is 4.51. The molecule has 0 aliphatic heterocycles. The maximum absolute atomic E-state index is 13.0. The van der Waals surface area contributed by atoms with Gasteiger partial charge in [0.15, 0.2) is 5.16 Å². The summed E-state index contributed by atoms with van der Waals surface area (Å²) in [5.74, 6) is 1.28. The topological polar surface area (TPSA) is 51.0 Å². The first-order valence-electron chi connectivity index (χ1n) is 10.00. The van der Waals surface area contributed by atoms with E-state index in [0.717, 1.165) is 35.9 Å². The Balaban J connectivity index is 1.49. The molecule has 0 saturated carbocycles. The Labute approximate surface area is 176 Å². The molecule has 0 bridgehead atoms. The van der Waals surface area contributed by atoms with Gasteiger partial charge >= 0.3 is 0 Å². The van der Waals surface area contributed by atoms with E-state index in [4.69, 9.17) is 0 Å². The summed E-state index contributed by atoms with van der Waals surface area (Å²) >= 11 is 1.45. The van der Waals surface area contributed by atoms with Gasteiger partial charge in [-0.2, -0.15) is 0 Å². The number of hydrogen-bond donors (Lipinski definition) is 0. The highest BCUT2D eigenvalue weighted by molar-refractivity contribution is 7.99. The maximum atomic E-state index is 13.0. The van der Waals surface area contributed by atoms with Gasteiger partial charge in [0.25, 0.3) is 0 Å². The highest BCUT2D eigenvalue weighted by Crippen LogP contribution is 2.34. The monoisotopic (exact) mass is 406 g/mol. The summed E-state index contributed by atoms with van der Waals surface area (Å²) in [4.78, 5) is 14.9. The fourth-order valence-corrected chi connectivity index (χ4v) is 4.95. The van der Waals surface area contributed by atoms with E-state index in [-0.39, 0.29) is 11.9 Å². The zero-order chi connectivity index (χ0) is 20.4. The number of carbonyl (C=O) groups is 1. The summed E-state index contributed by atoms with van der Waals surface area (Å²) in [6, 6.07) is 16.9. The fraction of sp³-hybridized carbons (Fsp3) is 0.348. The zero-order valence-corrected chi connectivity index (χ0v) is 17.9. The Morgan fingerprint density at radius 1 is 1.17 bits per heavy atom. The number of amides is 1. The molecule has 1 amide bonds. The van der Waals surface area contributed by atoms with E-state index in [1.165, 1.54) is 28.5 Å². The largest absolute Gasteiger partial charge is 0.338 e. The van der Waals surface area contributed by atoms with Crippen LogP contribution in [0.4, 0.5) is 0 Å². The average molecular weight is 407 g/mol. The summed E-state index contributed by atoms with van der Waals surface area (Å²) in [6.07, 6.45) is 3.23. The highest BCUT2D eigenvalue weighted by atomic mass is 32.2. The number of rotatable bonds is 5. The van der Waals surface area contributed by atoms with Crippen molar-refractivity contribution in [2.24, 2.45) is 0 Å². The van der Waals surface area contributed by atoms with E-state index in [1.807, 2.05) is 35.6 Å². The van der Waals surface area contributed by atoms with Gasteiger partial charge in [-0.25, -0.2) is 0 Å². The van der Waals surface area contributed by atoms with Crippen molar-refractivity contribution in [3.63, 3.8) is 0 Å². The number of aryl methyl sites for hydroxylation is 3. The molecule has 150 valence electrons. The third-order valence-corrected chi connectivity index (χ3v) is 6.49. The molecule has 4 rings (SSSR count). The van der Waals surface area contributed by atoms with E-state index < -0.39 is 0 Å². The Hall–Kier alpha value is -2.60. The standard InChI is InChI=1S/C23H26N4OS/c1-16-8-6-11-19(14-16)27-17(2)24-25-23(27)29-15-22(28)26(3)21-13-7-10-18-9-4-5-12-20(18)21/h4-6,8-9,11-12,14,21H,7,10,13,15H2,1-3H3/t21-/m0/s1. The number of thioether (sulfide) groups is 1. The molecular weight excluding hydrogens is 380 g/mol. The van der Waals surface area contributed by atoms with Crippen molar-refractivity contribution in [1.29, 1.82) is 0 Å². The minimum Gasteiger partial charge on any atom is -0.338 e. The predicted molar refractivity (Wildman–Crippen MR) is 116 cm³/mol. The van der Waals surface area contributed by atoms with Crippen molar-refractivity contribution < 1.29 is 4.79 Å². The first kappa shape index (κ1) is 19.7. The first-order chi connectivity index (χ1) is 14.0. The second-order valence-electron chi connectivity index (χ2n) is 7.60. The average Bonchev–Trinajstić information content (AvgIpc) is 3.11. The molecule has 5 nitrogen and oxygen atoms in total. The van der Waals surface area contributed by atoms with Crippen LogP contribution >= 0.6 is 11.8 Å². The molecular formula is C23H26N4OS. The smallest absolute Gasteiger partial charge is 0.233 e.